The van der Waals surface area contributed by atoms with Crippen molar-refractivity contribution >= 4 is 17.5 Å². The molecule has 0 spiro atoms. The molecular weight excluding hydrogens is 291 g/mol. The minimum Gasteiger partial charge on any atom is -0.486 e. The van der Waals surface area contributed by atoms with Gasteiger partial charge in [0.25, 0.3) is 0 Å². The fraction of sp³-hybridized carbons (Fsp3) is 0.188. The van der Waals surface area contributed by atoms with E-state index in [0.29, 0.717) is 30.3 Å². The van der Waals surface area contributed by atoms with Gasteiger partial charge >= 0.3 is 0 Å². The van der Waals surface area contributed by atoms with E-state index in [4.69, 9.17) is 9.47 Å². The van der Waals surface area contributed by atoms with Gasteiger partial charge < -0.3 is 9.47 Å². The maximum absolute atomic E-state index is 13.1. The number of ether oxygens (including phenoxy) is 2. The Morgan fingerprint density at radius 1 is 1.10 bits per heavy atom. The van der Waals surface area contributed by atoms with Crippen LogP contribution in [0.5, 0.6) is 11.5 Å². The topological polar surface area (TPSA) is 35.5 Å². The Hall–Kier alpha value is -2.01. The van der Waals surface area contributed by atoms with Gasteiger partial charge in [-0.3, -0.25) is 4.79 Å². The highest BCUT2D eigenvalue weighted by Gasteiger charge is 2.15. The van der Waals surface area contributed by atoms with E-state index in [0.717, 1.165) is 4.90 Å². The van der Waals surface area contributed by atoms with Gasteiger partial charge in [0.1, 0.15) is 19.0 Å². The normalized spacial score (nSPS) is 13.0. The van der Waals surface area contributed by atoms with Gasteiger partial charge in [0, 0.05) is 10.5 Å². The third kappa shape index (κ3) is 3.36. The molecule has 0 saturated carbocycles. The molecule has 1 aliphatic heterocycles. The molecule has 3 rings (SSSR count). The smallest absolute Gasteiger partial charge is 0.173 e. The highest BCUT2D eigenvalue weighted by Crippen LogP contribution is 2.31. The number of thioether (sulfide) groups is 1. The molecule has 108 valence electrons. The molecular formula is C16H13FO3S. The number of fused-ring (bicyclic) bond motifs is 1. The summed E-state index contributed by atoms with van der Waals surface area (Å²) in [4.78, 5) is 12.9. The van der Waals surface area contributed by atoms with Crippen molar-refractivity contribution in [3.8, 4) is 11.5 Å². The van der Waals surface area contributed by atoms with Crippen LogP contribution in [-0.2, 0) is 0 Å². The standard InChI is InChI=1S/C16H13FO3S/c17-12-2-1-3-13(9-12)21-10-14(18)11-4-5-15-16(8-11)20-7-6-19-15/h1-5,8-9H,6-7,10H2. The average molecular weight is 304 g/mol. The van der Waals surface area contributed by atoms with Crippen molar-refractivity contribution < 1.29 is 18.7 Å². The first-order chi connectivity index (χ1) is 10.2. The van der Waals surface area contributed by atoms with Crippen LogP contribution in [0, 0.1) is 5.82 Å². The van der Waals surface area contributed by atoms with Gasteiger partial charge in [-0.2, -0.15) is 0 Å². The Morgan fingerprint density at radius 3 is 2.71 bits per heavy atom. The van der Waals surface area contributed by atoms with Crippen LogP contribution in [0.1, 0.15) is 10.4 Å². The lowest BCUT2D eigenvalue weighted by Crippen LogP contribution is -2.16. The Labute approximate surface area is 126 Å². The largest absolute Gasteiger partial charge is 0.486 e. The molecule has 0 aromatic heterocycles. The van der Waals surface area contributed by atoms with E-state index in [2.05, 4.69) is 0 Å². The van der Waals surface area contributed by atoms with Gasteiger partial charge in [-0.05, 0) is 36.4 Å². The summed E-state index contributed by atoms with van der Waals surface area (Å²) in [5.41, 5.74) is 0.572. The number of carbonyl (C=O) groups excluding carboxylic acids is 1. The van der Waals surface area contributed by atoms with Crippen LogP contribution in [0.2, 0.25) is 0 Å². The van der Waals surface area contributed by atoms with Crippen LogP contribution in [0.4, 0.5) is 4.39 Å². The second-order valence-electron chi connectivity index (χ2n) is 4.53. The van der Waals surface area contributed by atoms with E-state index < -0.39 is 0 Å². The number of carbonyl (C=O) groups is 1. The van der Waals surface area contributed by atoms with E-state index in [-0.39, 0.29) is 17.4 Å². The van der Waals surface area contributed by atoms with E-state index >= 15 is 0 Å². The zero-order valence-electron chi connectivity index (χ0n) is 11.2. The molecule has 0 saturated heterocycles. The summed E-state index contributed by atoms with van der Waals surface area (Å²) in [6.45, 7) is 1.01. The zero-order valence-corrected chi connectivity index (χ0v) is 12.0. The Kier molecular flexibility index (Phi) is 4.10. The number of ketones is 1. The minimum absolute atomic E-state index is 0.0266. The Morgan fingerprint density at radius 2 is 1.90 bits per heavy atom. The molecule has 2 aromatic rings. The molecule has 1 aliphatic rings. The number of rotatable bonds is 4. The molecule has 0 amide bonds. The Bertz CT molecular complexity index is 672. The van der Waals surface area contributed by atoms with Crippen molar-refractivity contribution in [2.24, 2.45) is 0 Å². The van der Waals surface area contributed by atoms with Crippen molar-refractivity contribution in [3.05, 3.63) is 53.8 Å². The van der Waals surface area contributed by atoms with Gasteiger partial charge in [-0.15, -0.1) is 11.8 Å². The molecule has 0 fully saturated rings. The molecule has 5 heteroatoms. The van der Waals surface area contributed by atoms with E-state index in [1.165, 1.54) is 23.9 Å². The molecule has 0 bridgehead atoms. The van der Waals surface area contributed by atoms with Crippen LogP contribution in [-0.4, -0.2) is 24.7 Å². The molecule has 1 heterocycles. The molecule has 0 atom stereocenters. The monoisotopic (exact) mass is 304 g/mol. The van der Waals surface area contributed by atoms with E-state index in [9.17, 15) is 9.18 Å². The summed E-state index contributed by atoms with van der Waals surface area (Å²) in [6.07, 6.45) is 0. The van der Waals surface area contributed by atoms with Crippen molar-refractivity contribution in [2.75, 3.05) is 19.0 Å². The Balaban J connectivity index is 1.68. The van der Waals surface area contributed by atoms with Gasteiger partial charge in [-0.1, -0.05) is 6.07 Å². The average Bonchev–Trinajstić information content (AvgIpc) is 2.52. The van der Waals surface area contributed by atoms with Crippen molar-refractivity contribution in [3.63, 3.8) is 0 Å². The number of halogens is 1. The first kappa shape index (κ1) is 13.9. The lowest BCUT2D eigenvalue weighted by atomic mass is 10.1. The lowest BCUT2D eigenvalue weighted by Gasteiger charge is -2.18. The third-order valence-electron chi connectivity index (χ3n) is 3.03. The first-order valence-corrected chi connectivity index (χ1v) is 7.52. The minimum atomic E-state index is -0.299. The van der Waals surface area contributed by atoms with E-state index in [1.54, 1.807) is 30.3 Å². The van der Waals surface area contributed by atoms with Gasteiger partial charge in [0.15, 0.2) is 17.3 Å². The van der Waals surface area contributed by atoms with Gasteiger partial charge in [0.2, 0.25) is 0 Å². The highest BCUT2D eigenvalue weighted by molar-refractivity contribution is 8.00. The number of benzene rings is 2. The molecule has 0 N–H and O–H groups in total. The van der Waals surface area contributed by atoms with Crippen LogP contribution < -0.4 is 9.47 Å². The SMILES string of the molecule is O=C(CSc1cccc(F)c1)c1ccc2c(c1)OCCO2. The summed E-state index contributed by atoms with van der Waals surface area (Å²) < 4.78 is 24.0. The van der Waals surface area contributed by atoms with E-state index in [1.807, 2.05) is 0 Å². The fourth-order valence-corrected chi connectivity index (χ4v) is 2.84. The summed E-state index contributed by atoms with van der Waals surface area (Å²) >= 11 is 1.31. The predicted octanol–water partition coefficient (Wildman–Crippen LogP) is 3.57. The third-order valence-corrected chi connectivity index (χ3v) is 4.02. The van der Waals surface area contributed by atoms with Crippen LogP contribution >= 0.6 is 11.8 Å². The second-order valence-corrected chi connectivity index (χ2v) is 5.58. The van der Waals surface area contributed by atoms with Crippen LogP contribution in [0.25, 0.3) is 0 Å². The maximum Gasteiger partial charge on any atom is 0.173 e. The fourth-order valence-electron chi connectivity index (χ4n) is 2.01. The molecule has 0 unspecified atom stereocenters. The molecule has 0 radical (unpaired) electrons. The van der Waals surface area contributed by atoms with Crippen molar-refractivity contribution in [1.82, 2.24) is 0 Å². The molecule has 2 aromatic carbocycles. The summed E-state index contributed by atoms with van der Waals surface area (Å²) in [5.74, 6) is 1.19. The summed E-state index contributed by atoms with van der Waals surface area (Å²) in [7, 11) is 0. The van der Waals surface area contributed by atoms with Crippen molar-refractivity contribution in [1.29, 1.82) is 0 Å². The summed E-state index contributed by atoms with van der Waals surface area (Å²) in [6, 6.07) is 11.4. The zero-order chi connectivity index (χ0) is 14.7. The van der Waals surface area contributed by atoms with Crippen LogP contribution in [0.3, 0.4) is 0 Å². The van der Waals surface area contributed by atoms with Crippen LogP contribution in [0.15, 0.2) is 47.4 Å². The molecule has 0 aliphatic carbocycles. The quantitative estimate of drug-likeness (QED) is 0.639. The van der Waals surface area contributed by atoms with Crippen molar-refractivity contribution in [2.45, 2.75) is 4.90 Å². The number of hydrogen-bond donors (Lipinski definition) is 0. The first-order valence-electron chi connectivity index (χ1n) is 6.53. The summed E-state index contributed by atoms with van der Waals surface area (Å²) in [5, 5.41) is 0. The number of hydrogen-bond acceptors (Lipinski definition) is 4. The number of Topliss-reactive ketones (excluding diaryl/α,β-unsaturated/α-hetero) is 1. The molecule has 3 nitrogen and oxygen atoms in total. The molecule has 21 heavy (non-hydrogen) atoms. The second kappa shape index (κ2) is 6.18. The maximum atomic E-state index is 13.1. The highest BCUT2D eigenvalue weighted by atomic mass is 32.2. The lowest BCUT2D eigenvalue weighted by molar-refractivity contribution is 0.102. The predicted molar refractivity (Wildman–Crippen MR) is 78.9 cm³/mol. The van der Waals surface area contributed by atoms with Gasteiger partial charge in [0.05, 0.1) is 5.75 Å². The van der Waals surface area contributed by atoms with Gasteiger partial charge in [-0.25, -0.2) is 4.39 Å².